The number of aliphatic hydroxyl groups is 1. The van der Waals surface area contributed by atoms with Crippen LogP contribution in [0, 0.1) is 32.6 Å². The SMILES string of the molecule is CC1=CC(C)=N/C1=C(/CCC(=O)NCc1ccc(NC(=O)[C@H]2C3C(=O)OC4(O)c5sc(C)cc5C(=O)C34O[C@H]2c2ccc(Br)c(Br)c2)cc1)c1c(C)cc(C)n1B(F)F. The predicted octanol–water partition coefficient (Wildman–Crippen LogP) is 8.28. The number of rotatable bonds is 10. The molecular weight excluding hydrogens is 913 g/mol. The summed E-state index contributed by atoms with van der Waals surface area (Å²) in [6.07, 6.45) is 0.972. The maximum atomic E-state index is 14.3. The van der Waals surface area contributed by atoms with Crippen LogP contribution in [0.25, 0.3) is 5.57 Å². The smallest absolute Gasteiger partial charge is 0.424 e. The van der Waals surface area contributed by atoms with Crippen LogP contribution >= 0.6 is 43.2 Å². The summed E-state index contributed by atoms with van der Waals surface area (Å²) in [5.41, 5.74) is 3.81. The number of ether oxygens (including phenoxy) is 2. The first-order chi connectivity index (χ1) is 27.9. The minimum atomic E-state index is -2.76. The van der Waals surface area contributed by atoms with E-state index in [9.17, 15) is 32.9 Å². The van der Waals surface area contributed by atoms with Gasteiger partial charge in [-0.25, -0.2) is 0 Å². The number of halogens is 4. The van der Waals surface area contributed by atoms with E-state index < -0.39 is 54.4 Å². The Labute approximate surface area is 359 Å². The van der Waals surface area contributed by atoms with E-state index in [0.29, 0.717) is 49.5 Å². The highest BCUT2D eigenvalue weighted by Crippen LogP contribution is 2.66. The standard InChI is InChI=1S/C42H37BBr2F2N4O7S/c1-19-14-21(3)49-34(19)27(35-20(2)15-22(4)51(35)43(46)47)11-13-31(52)48-18-24-6-9-26(10-7-24)50-39(54)32-33-40(55)58-42(56)38-28(16-23(5)59-38)37(53)41(33,42)57-36(32)25-8-12-29(44)30(45)17-25/h6-10,12,14-17,32-33,36,56H,11,13,18H2,1-5H3,(H,48,52)(H,50,54)/b34-27-/t32-,33?,36-,41?,42?/m0/s1. The van der Waals surface area contributed by atoms with Crippen LogP contribution in [0.1, 0.15) is 81.0 Å². The van der Waals surface area contributed by atoms with E-state index in [-0.39, 0.29) is 35.7 Å². The summed E-state index contributed by atoms with van der Waals surface area (Å²) in [5, 5.41) is 17.8. The van der Waals surface area contributed by atoms with E-state index in [4.69, 9.17) is 9.47 Å². The van der Waals surface area contributed by atoms with E-state index in [1.54, 1.807) is 75.4 Å². The third-order valence-electron chi connectivity index (χ3n) is 11.3. The Morgan fingerprint density at radius 3 is 2.39 bits per heavy atom. The molecule has 4 aliphatic rings. The molecule has 3 unspecified atom stereocenters. The van der Waals surface area contributed by atoms with Crippen molar-refractivity contribution >= 4 is 91.1 Å². The van der Waals surface area contributed by atoms with Crippen LogP contribution in [0.4, 0.5) is 14.3 Å². The molecule has 0 saturated carbocycles. The average Bonchev–Trinajstić information content (AvgIpc) is 3.98. The Hall–Kier alpha value is -4.55. The van der Waals surface area contributed by atoms with Crippen molar-refractivity contribution in [2.75, 3.05) is 5.32 Å². The molecule has 1 aliphatic carbocycles. The average molecular weight is 950 g/mol. The number of esters is 1. The Bertz CT molecular complexity index is 2590. The first kappa shape index (κ1) is 41.2. The normalized spacial score (nSPS) is 24.9. The van der Waals surface area contributed by atoms with Crippen molar-refractivity contribution in [3.63, 3.8) is 0 Å². The highest BCUT2D eigenvalue weighted by atomic mass is 79.9. The number of aryl methyl sites for hydroxylation is 3. The second-order valence-electron chi connectivity index (χ2n) is 15.3. The minimum Gasteiger partial charge on any atom is -0.424 e. The van der Waals surface area contributed by atoms with Gasteiger partial charge in [-0.1, -0.05) is 18.2 Å². The summed E-state index contributed by atoms with van der Waals surface area (Å²) < 4.78 is 42.9. The van der Waals surface area contributed by atoms with Gasteiger partial charge in [0, 0.05) is 60.7 Å². The quantitative estimate of drug-likeness (QED) is 0.107. The largest absolute Gasteiger partial charge is 0.677 e. The molecule has 1 spiro atoms. The van der Waals surface area contributed by atoms with E-state index in [0.717, 1.165) is 36.4 Å². The van der Waals surface area contributed by atoms with E-state index in [1.807, 2.05) is 19.9 Å². The molecule has 2 aromatic carbocycles. The zero-order valence-electron chi connectivity index (χ0n) is 32.4. The molecule has 3 aliphatic heterocycles. The van der Waals surface area contributed by atoms with Crippen molar-refractivity contribution in [1.82, 2.24) is 9.79 Å². The lowest BCUT2D eigenvalue weighted by Crippen LogP contribution is -2.53. The second-order valence-corrected chi connectivity index (χ2v) is 18.2. The number of benzene rings is 2. The van der Waals surface area contributed by atoms with Crippen LogP contribution in [0.5, 0.6) is 0 Å². The van der Waals surface area contributed by atoms with E-state index in [2.05, 4.69) is 47.5 Å². The summed E-state index contributed by atoms with van der Waals surface area (Å²) in [7, 11) is -2.76. The number of aliphatic imine (C=N–C) groups is 1. The van der Waals surface area contributed by atoms with Crippen molar-refractivity contribution in [3.8, 4) is 0 Å². The summed E-state index contributed by atoms with van der Waals surface area (Å²) in [5.74, 6) is -7.60. The maximum absolute atomic E-state index is 14.3. The van der Waals surface area contributed by atoms with Crippen molar-refractivity contribution in [3.05, 3.63) is 124 Å². The predicted molar refractivity (Wildman–Crippen MR) is 226 cm³/mol. The van der Waals surface area contributed by atoms with Gasteiger partial charge in [-0.3, -0.25) is 32.8 Å². The molecule has 4 aromatic rings. The number of ketones is 1. The number of amides is 2. The van der Waals surface area contributed by atoms with Crippen LogP contribution < -0.4 is 10.6 Å². The van der Waals surface area contributed by atoms with Gasteiger partial charge in [-0.2, -0.15) is 0 Å². The number of nitrogens with one attached hydrogen (secondary N) is 2. The fourth-order valence-corrected chi connectivity index (χ4v) is 10.6. The highest BCUT2D eigenvalue weighted by molar-refractivity contribution is 9.13. The molecule has 304 valence electrons. The Kier molecular flexibility index (Phi) is 10.6. The number of carbonyl (C=O) groups excluding carboxylic acids is 4. The van der Waals surface area contributed by atoms with Crippen LogP contribution in [0.2, 0.25) is 0 Å². The molecule has 11 nitrogen and oxygen atoms in total. The third kappa shape index (κ3) is 6.69. The molecule has 2 amide bonds. The number of fused-ring (bicyclic) bond motifs is 2. The van der Waals surface area contributed by atoms with Crippen LogP contribution in [-0.2, 0) is 36.2 Å². The molecule has 3 N–H and O–H groups in total. The molecular formula is C42H37BBr2F2N4O7S. The Morgan fingerprint density at radius 2 is 1.73 bits per heavy atom. The summed E-state index contributed by atoms with van der Waals surface area (Å²) in [6, 6.07) is 15.2. The number of anilines is 1. The van der Waals surface area contributed by atoms with Gasteiger partial charge in [-0.15, -0.1) is 11.3 Å². The van der Waals surface area contributed by atoms with Gasteiger partial charge >= 0.3 is 13.4 Å². The Morgan fingerprint density at radius 1 is 1.00 bits per heavy atom. The second kappa shape index (κ2) is 15.2. The van der Waals surface area contributed by atoms with E-state index in [1.165, 1.54) is 0 Å². The topological polar surface area (TPSA) is 148 Å². The number of allylic oxidation sites excluding steroid dienone is 3. The molecule has 2 aromatic heterocycles. The number of aromatic nitrogens is 1. The fraction of sp³-hybridized carbons (Fsp3) is 0.310. The monoisotopic (exact) mass is 948 g/mol. The molecule has 0 bridgehead atoms. The number of nitrogens with zero attached hydrogens (tertiary/aromatic N) is 2. The van der Waals surface area contributed by atoms with Gasteiger partial charge < -0.3 is 29.7 Å². The van der Waals surface area contributed by atoms with Crippen molar-refractivity contribution in [1.29, 1.82) is 0 Å². The maximum Gasteiger partial charge on any atom is 0.677 e. The van der Waals surface area contributed by atoms with Crippen LogP contribution in [0.3, 0.4) is 0 Å². The molecule has 5 heterocycles. The summed E-state index contributed by atoms with van der Waals surface area (Å²) in [4.78, 5) is 60.9. The van der Waals surface area contributed by atoms with Gasteiger partial charge in [0.05, 0.1) is 22.6 Å². The molecule has 8 rings (SSSR count). The fourth-order valence-electron chi connectivity index (χ4n) is 8.86. The summed E-state index contributed by atoms with van der Waals surface area (Å²) in [6.45, 7) is 9.03. The number of Topliss-reactive ketones (excluding diaryl/α,β-unsaturated/α-hetero) is 1. The number of hydrogen-bond donors (Lipinski definition) is 3. The first-order valence-corrected chi connectivity index (χ1v) is 21.2. The van der Waals surface area contributed by atoms with Gasteiger partial charge in [0.1, 0.15) is 5.92 Å². The minimum absolute atomic E-state index is 0.0249. The van der Waals surface area contributed by atoms with Gasteiger partial charge in [0.15, 0.2) is 0 Å². The molecule has 2 saturated heterocycles. The van der Waals surface area contributed by atoms with Gasteiger partial charge in [0.25, 0.3) is 5.79 Å². The number of carbonyl (C=O) groups is 4. The zero-order valence-corrected chi connectivity index (χ0v) is 36.4. The van der Waals surface area contributed by atoms with Gasteiger partial charge in [0.2, 0.25) is 23.2 Å². The molecule has 59 heavy (non-hydrogen) atoms. The lowest BCUT2D eigenvalue weighted by atomic mass is 9.75. The number of thiophene rings is 1. The van der Waals surface area contributed by atoms with Crippen LogP contribution in [0.15, 0.2) is 85.9 Å². The molecule has 0 radical (unpaired) electrons. The third-order valence-corrected chi connectivity index (χ3v) is 14.4. The lowest BCUT2D eigenvalue weighted by Gasteiger charge is -2.31. The first-order valence-electron chi connectivity index (χ1n) is 18.8. The summed E-state index contributed by atoms with van der Waals surface area (Å²) >= 11 is 8.07. The molecule has 17 heteroatoms. The van der Waals surface area contributed by atoms with Crippen molar-refractivity contribution in [2.45, 2.75) is 71.5 Å². The number of hydrogen-bond acceptors (Lipinski definition) is 9. The van der Waals surface area contributed by atoms with E-state index >= 15 is 0 Å². The molecule has 5 atom stereocenters. The van der Waals surface area contributed by atoms with Crippen LogP contribution in [-0.4, -0.2) is 51.9 Å². The van der Waals surface area contributed by atoms with Gasteiger partial charge in [-0.05, 0) is 138 Å². The Balaban J connectivity index is 0.984. The molecule has 2 fully saturated rings. The van der Waals surface area contributed by atoms with Crippen molar-refractivity contribution < 1.29 is 42.4 Å². The van der Waals surface area contributed by atoms with Crippen molar-refractivity contribution in [2.24, 2.45) is 16.8 Å². The zero-order chi connectivity index (χ0) is 42.3. The highest BCUT2D eigenvalue weighted by Gasteiger charge is 2.83. The lowest BCUT2D eigenvalue weighted by molar-refractivity contribution is -0.251.